The van der Waals surface area contributed by atoms with E-state index >= 15 is 0 Å². The molecule has 0 aliphatic heterocycles. The van der Waals surface area contributed by atoms with E-state index in [-0.39, 0.29) is 21.9 Å². The van der Waals surface area contributed by atoms with Gasteiger partial charge in [-0.25, -0.2) is 9.78 Å². The summed E-state index contributed by atoms with van der Waals surface area (Å²) < 4.78 is 0. The highest BCUT2D eigenvalue weighted by Crippen LogP contribution is 2.08. The number of benzene rings is 1. The van der Waals surface area contributed by atoms with E-state index in [0.29, 0.717) is 0 Å². The lowest BCUT2D eigenvalue weighted by Crippen LogP contribution is -2.40. The molecule has 3 rings (SSSR count). The number of carbonyl (C=O) groups is 1. The molecule has 1 aromatic heterocycles. The second kappa shape index (κ2) is 5.21. The summed E-state index contributed by atoms with van der Waals surface area (Å²) in [6.07, 6.45) is 1.44. The van der Waals surface area contributed by atoms with Crippen LogP contribution in [0, 0.1) is 0 Å². The van der Waals surface area contributed by atoms with Crippen LogP contribution in [-0.4, -0.2) is 11.0 Å². The van der Waals surface area contributed by atoms with Crippen LogP contribution in [0.5, 0.6) is 0 Å². The maximum Gasteiger partial charge on any atom is 0.341 e. The summed E-state index contributed by atoms with van der Waals surface area (Å²) in [5.74, 6) is 0.124. The van der Waals surface area contributed by atoms with Crippen molar-refractivity contribution in [1.82, 2.24) is 4.98 Å². The van der Waals surface area contributed by atoms with Gasteiger partial charge in [0.25, 0.3) is 0 Å². The molecule has 0 radical (unpaired) electrons. The van der Waals surface area contributed by atoms with Gasteiger partial charge < -0.3 is 5.73 Å². The van der Waals surface area contributed by atoms with Gasteiger partial charge in [-0.2, -0.15) is 10.1 Å². The van der Waals surface area contributed by atoms with E-state index in [0.717, 1.165) is 5.01 Å². The van der Waals surface area contributed by atoms with Gasteiger partial charge in [-0.1, -0.05) is 30.3 Å². The molecule has 1 heterocycles. The predicted molar refractivity (Wildman–Crippen MR) is 80.7 cm³/mol. The van der Waals surface area contributed by atoms with E-state index in [1.807, 2.05) is 0 Å². The molecule has 0 saturated carbocycles. The maximum absolute atomic E-state index is 12.2. The van der Waals surface area contributed by atoms with E-state index in [9.17, 15) is 14.4 Å². The third-order valence-corrected chi connectivity index (χ3v) is 3.12. The molecule has 0 spiro atoms. The zero-order valence-corrected chi connectivity index (χ0v) is 11.3. The minimum atomic E-state index is -0.942. The summed E-state index contributed by atoms with van der Waals surface area (Å²) in [4.78, 5) is 40.0. The number of fused-ring (bicyclic) bond motifs is 1. The number of carbonyl (C=O) groups excluding carboxylic acids is 1. The predicted octanol–water partition coefficient (Wildman–Crippen LogP) is 0.232. The molecule has 0 unspecified atom stereocenters. The number of nitrogens with zero attached hydrogens (tertiary/aromatic N) is 3. The molecule has 0 fully saturated rings. The fourth-order valence-electron chi connectivity index (χ4n) is 2.12. The lowest BCUT2D eigenvalue weighted by molar-refractivity contribution is 0.254. The Morgan fingerprint density at radius 2 is 1.59 bits per heavy atom. The van der Waals surface area contributed by atoms with Gasteiger partial charge in [0, 0.05) is 17.0 Å². The number of hydrogen-bond donors (Lipinski definition) is 1. The van der Waals surface area contributed by atoms with E-state index in [4.69, 9.17) is 5.73 Å². The molecular formula is C15H10N4O3. The molecule has 2 aromatic carbocycles. The van der Waals surface area contributed by atoms with Crippen molar-refractivity contribution in [3.63, 3.8) is 0 Å². The van der Waals surface area contributed by atoms with Crippen molar-refractivity contribution in [2.24, 2.45) is 10.8 Å². The second-order valence-corrected chi connectivity index (χ2v) is 4.49. The van der Waals surface area contributed by atoms with Crippen LogP contribution in [0.3, 0.4) is 0 Å². The van der Waals surface area contributed by atoms with Gasteiger partial charge in [0.15, 0.2) is 11.2 Å². The SMILES string of the molecule is NC(=O)N(N=c1c(=O)c2ccccc2c1=O)c1ccccn1. The molecule has 0 bridgehead atoms. The largest absolute Gasteiger partial charge is 0.350 e. The number of pyridine rings is 1. The fourth-order valence-corrected chi connectivity index (χ4v) is 2.12. The van der Waals surface area contributed by atoms with Crippen LogP contribution >= 0.6 is 0 Å². The molecule has 0 aliphatic rings. The summed E-state index contributed by atoms with van der Waals surface area (Å²) in [5.41, 5.74) is 4.18. The zero-order chi connectivity index (χ0) is 15.7. The highest BCUT2D eigenvalue weighted by molar-refractivity contribution is 5.89. The average molecular weight is 294 g/mol. The Bertz CT molecular complexity index is 955. The number of rotatable bonds is 2. The molecular weight excluding hydrogens is 284 g/mol. The molecule has 0 saturated heterocycles. The highest BCUT2D eigenvalue weighted by Gasteiger charge is 2.16. The van der Waals surface area contributed by atoms with Gasteiger partial charge in [0.2, 0.25) is 10.9 Å². The van der Waals surface area contributed by atoms with Crippen LogP contribution in [-0.2, 0) is 0 Å². The van der Waals surface area contributed by atoms with Crippen molar-refractivity contribution in [2.75, 3.05) is 5.01 Å². The number of aromatic nitrogens is 1. The topological polar surface area (TPSA) is 106 Å². The van der Waals surface area contributed by atoms with Crippen molar-refractivity contribution in [2.45, 2.75) is 0 Å². The Hall–Kier alpha value is -3.35. The van der Waals surface area contributed by atoms with Crippen LogP contribution < -0.4 is 27.0 Å². The monoisotopic (exact) mass is 294 g/mol. The maximum atomic E-state index is 12.2. The molecule has 3 aromatic rings. The van der Waals surface area contributed by atoms with Crippen molar-refractivity contribution in [3.05, 3.63) is 74.5 Å². The summed E-state index contributed by atoms with van der Waals surface area (Å²) in [5, 5.41) is 4.73. The van der Waals surface area contributed by atoms with Gasteiger partial charge in [-0.15, -0.1) is 0 Å². The average Bonchev–Trinajstić information content (AvgIpc) is 2.78. The first-order valence-corrected chi connectivity index (χ1v) is 6.37. The number of hydrogen-bond acceptors (Lipinski definition) is 5. The third kappa shape index (κ3) is 2.14. The minimum Gasteiger partial charge on any atom is -0.350 e. The standard InChI is InChI=1S/C15H10N4O3/c16-15(22)19(11-7-3-4-8-17-11)18-12-13(20)9-5-1-2-6-10(9)14(12)21/h1-8H,(H2,16,22). The number of primary amides is 1. The smallest absolute Gasteiger partial charge is 0.341 e. The molecule has 7 heteroatoms. The lowest BCUT2D eigenvalue weighted by atomic mass is 10.2. The molecule has 108 valence electrons. The van der Waals surface area contributed by atoms with Crippen molar-refractivity contribution in [1.29, 1.82) is 0 Å². The highest BCUT2D eigenvalue weighted by atomic mass is 16.2. The molecule has 0 atom stereocenters. The minimum absolute atomic E-state index is 0.124. The van der Waals surface area contributed by atoms with E-state index in [1.165, 1.54) is 24.4 Å². The van der Waals surface area contributed by atoms with E-state index < -0.39 is 16.9 Å². The van der Waals surface area contributed by atoms with E-state index in [2.05, 4.69) is 10.1 Å². The van der Waals surface area contributed by atoms with Crippen LogP contribution in [0.15, 0.2) is 63.4 Å². The Kier molecular flexibility index (Phi) is 3.23. The Morgan fingerprint density at radius 1 is 1.00 bits per heavy atom. The molecule has 22 heavy (non-hydrogen) atoms. The first-order valence-electron chi connectivity index (χ1n) is 6.37. The van der Waals surface area contributed by atoms with Crippen LogP contribution in [0.4, 0.5) is 10.6 Å². The third-order valence-electron chi connectivity index (χ3n) is 3.12. The van der Waals surface area contributed by atoms with Crippen molar-refractivity contribution in [3.8, 4) is 0 Å². The fraction of sp³-hybridized carbons (Fsp3) is 0. The van der Waals surface area contributed by atoms with Gasteiger partial charge in [0.1, 0.15) is 0 Å². The van der Waals surface area contributed by atoms with Crippen molar-refractivity contribution < 1.29 is 4.79 Å². The summed E-state index contributed by atoms with van der Waals surface area (Å²) in [6, 6.07) is 10.2. The Labute approximate surface area is 123 Å². The first-order chi connectivity index (χ1) is 10.6. The van der Waals surface area contributed by atoms with Crippen LogP contribution in [0.1, 0.15) is 0 Å². The lowest BCUT2D eigenvalue weighted by Gasteiger charge is -2.11. The van der Waals surface area contributed by atoms with Crippen LogP contribution in [0.2, 0.25) is 0 Å². The summed E-state index contributed by atoms with van der Waals surface area (Å²) in [6.45, 7) is 0. The van der Waals surface area contributed by atoms with Gasteiger partial charge in [-0.3, -0.25) is 9.59 Å². The molecule has 0 aliphatic carbocycles. The molecule has 7 nitrogen and oxygen atoms in total. The Morgan fingerprint density at radius 3 is 2.09 bits per heavy atom. The van der Waals surface area contributed by atoms with Gasteiger partial charge in [-0.05, 0) is 12.1 Å². The van der Waals surface area contributed by atoms with Crippen molar-refractivity contribution >= 4 is 22.6 Å². The number of nitrogens with two attached hydrogens (primary N) is 1. The van der Waals surface area contributed by atoms with E-state index in [1.54, 1.807) is 24.3 Å². The quantitative estimate of drug-likeness (QED) is 0.683. The summed E-state index contributed by atoms with van der Waals surface area (Å²) >= 11 is 0. The number of amides is 2. The normalized spacial score (nSPS) is 10.5. The molecule has 2 amide bonds. The number of urea groups is 1. The number of anilines is 1. The van der Waals surface area contributed by atoms with Gasteiger partial charge in [0.05, 0.1) is 0 Å². The Balaban J connectivity index is 2.29. The zero-order valence-electron chi connectivity index (χ0n) is 11.3. The first kappa shape index (κ1) is 13.6. The second-order valence-electron chi connectivity index (χ2n) is 4.49. The molecule has 2 N–H and O–H groups in total. The van der Waals surface area contributed by atoms with Crippen LogP contribution in [0.25, 0.3) is 10.8 Å². The summed E-state index contributed by atoms with van der Waals surface area (Å²) in [7, 11) is 0. The van der Waals surface area contributed by atoms with Gasteiger partial charge >= 0.3 is 6.03 Å².